The van der Waals surface area contributed by atoms with E-state index in [0.29, 0.717) is 12.5 Å². The van der Waals surface area contributed by atoms with Crippen molar-refractivity contribution in [3.63, 3.8) is 0 Å². The van der Waals surface area contributed by atoms with Crippen LogP contribution < -0.4 is 11.1 Å². The third-order valence-corrected chi connectivity index (χ3v) is 3.68. The van der Waals surface area contributed by atoms with E-state index in [2.05, 4.69) is 45.1 Å². The smallest absolute Gasteiger partial charge is 0.222 e. The van der Waals surface area contributed by atoms with Crippen LogP contribution in [0.2, 0.25) is 0 Å². The number of fused-ring (bicyclic) bond motifs is 1. The van der Waals surface area contributed by atoms with Crippen molar-refractivity contribution < 1.29 is 0 Å². The summed E-state index contributed by atoms with van der Waals surface area (Å²) in [6, 6.07) is 12.3. The summed E-state index contributed by atoms with van der Waals surface area (Å²) in [4.78, 5) is 8.72. The maximum absolute atomic E-state index is 5.83. The van der Waals surface area contributed by atoms with Crippen molar-refractivity contribution in [2.24, 2.45) is 0 Å². The summed E-state index contributed by atoms with van der Waals surface area (Å²) in [7, 11) is 0. The van der Waals surface area contributed by atoms with Crippen LogP contribution in [0.4, 0.5) is 11.8 Å². The minimum Gasteiger partial charge on any atom is -0.368 e. The van der Waals surface area contributed by atoms with Crippen molar-refractivity contribution in [2.45, 2.75) is 32.9 Å². The molecule has 0 bridgehead atoms. The Morgan fingerprint density at radius 1 is 1.14 bits per heavy atom. The zero-order valence-corrected chi connectivity index (χ0v) is 12.8. The SMILES string of the molecule is CCCCn1ccc2nc(N)nc(NCc3ccccc3)c21. The van der Waals surface area contributed by atoms with Gasteiger partial charge in [-0.25, -0.2) is 4.98 Å². The molecule has 0 amide bonds. The third kappa shape index (κ3) is 3.03. The van der Waals surface area contributed by atoms with Crippen LogP contribution in [0.15, 0.2) is 42.6 Å². The van der Waals surface area contributed by atoms with E-state index >= 15 is 0 Å². The lowest BCUT2D eigenvalue weighted by Gasteiger charge is -2.11. The predicted octanol–water partition coefficient (Wildman–Crippen LogP) is 3.43. The van der Waals surface area contributed by atoms with E-state index in [1.165, 1.54) is 5.56 Å². The highest BCUT2D eigenvalue weighted by Gasteiger charge is 2.11. The van der Waals surface area contributed by atoms with Gasteiger partial charge in [0.2, 0.25) is 5.95 Å². The number of hydrogen-bond donors (Lipinski definition) is 2. The fourth-order valence-electron chi connectivity index (χ4n) is 2.54. The van der Waals surface area contributed by atoms with Crippen molar-refractivity contribution in [3.8, 4) is 0 Å². The first-order chi connectivity index (χ1) is 10.8. The van der Waals surface area contributed by atoms with Gasteiger partial charge in [-0.3, -0.25) is 0 Å². The van der Waals surface area contributed by atoms with E-state index < -0.39 is 0 Å². The Kier molecular flexibility index (Phi) is 4.23. The summed E-state index contributed by atoms with van der Waals surface area (Å²) in [5.41, 5.74) is 8.95. The van der Waals surface area contributed by atoms with Crippen molar-refractivity contribution in [1.29, 1.82) is 0 Å². The van der Waals surface area contributed by atoms with Crippen LogP contribution in [0.25, 0.3) is 11.0 Å². The van der Waals surface area contributed by atoms with Gasteiger partial charge in [-0.15, -0.1) is 0 Å². The highest BCUT2D eigenvalue weighted by atomic mass is 15.1. The number of nitrogens with one attached hydrogen (secondary N) is 1. The summed E-state index contributed by atoms with van der Waals surface area (Å²) in [5.74, 6) is 1.10. The van der Waals surface area contributed by atoms with Crippen LogP contribution in [0, 0.1) is 0 Å². The molecule has 1 aromatic carbocycles. The molecule has 0 fully saturated rings. The molecular weight excluding hydrogens is 274 g/mol. The van der Waals surface area contributed by atoms with E-state index in [9.17, 15) is 0 Å². The lowest BCUT2D eigenvalue weighted by Crippen LogP contribution is -2.07. The number of benzene rings is 1. The third-order valence-electron chi connectivity index (χ3n) is 3.68. The molecule has 0 saturated heterocycles. The van der Waals surface area contributed by atoms with E-state index in [1.54, 1.807) is 0 Å². The molecule has 0 radical (unpaired) electrons. The maximum atomic E-state index is 5.83. The molecule has 3 N–H and O–H groups in total. The van der Waals surface area contributed by atoms with Crippen molar-refractivity contribution in [2.75, 3.05) is 11.1 Å². The molecule has 114 valence electrons. The van der Waals surface area contributed by atoms with Crippen molar-refractivity contribution >= 4 is 22.8 Å². The van der Waals surface area contributed by atoms with Gasteiger partial charge in [0, 0.05) is 19.3 Å². The zero-order valence-electron chi connectivity index (χ0n) is 12.8. The number of nitrogens with zero attached hydrogens (tertiary/aromatic N) is 3. The molecule has 3 aromatic rings. The van der Waals surface area contributed by atoms with E-state index in [0.717, 1.165) is 36.2 Å². The first-order valence-corrected chi connectivity index (χ1v) is 7.68. The lowest BCUT2D eigenvalue weighted by atomic mass is 10.2. The molecule has 2 heterocycles. The lowest BCUT2D eigenvalue weighted by molar-refractivity contribution is 0.649. The molecule has 0 aliphatic rings. The summed E-state index contributed by atoms with van der Waals surface area (Å²) < 4.78 is 2.20. The first-order valence-electron chi connectivity index (χ1n) is 7.68. The molecule has 0 spiro atoms. The van der Waals surface area contributed by atoms with Gasteiger partial charge in [0.25, 0.3) is 0 Å². The number of rotatable bonds is 6. The molecule has 0 atom stereocenters. The Morgan fingerprint density at radius 3 is 2.73 bits per heavy atom. The highest BCUT2D eigenvalue weighted by molar-refractivity contribution is 5.87. The normalized spacial score (nSPS) is 11.0. The highest BCUT2D eigenvalue weighted by Crippen LogP contribution is 2.23. The van der Waals surface area contributed by atoms with Crippen LogP contribution in [0.3, 0.4) is 0 Å². The van der Waals surface area contributed by atoms with E-state index in [-0.39, 0.29) is 0 Å². The molecule has 3 rings (SSSR count). The molecule has 0 aliphatic carbocycles. The van der Waals surface area contributed by atoms with Gasteiger partial charge in [0.15, 0.2) is 5.82 Å². The number of nitrogens with two attached hydrogens (primary N) is 1. The molecule has 5 nitrogen and oxygen atoms in total. The van der Waals surface area contributed by atoms with Crippen LogP contribution in [0.5, 0.6) is 0 Å². The van der Waals surface area contributed by atoms with E-state index in [4.69, 9.17) is 5.73 Å². The standard InChI is InChI=1S/C17H21N5/c1-2-3-10-22-11-9-14-15(22)16(21-17(18)20-14)19-12-13-7-5-4-6-8-13/h4-9,11H,2-3,10,12H2,1H3,(H3,18,19,20,21). The molecular formula is C17H21N5. The zero-order chi connectivity index (χ0) is 15.4. The van der Waals surface area contributed by atoms with Gasteiger partial charge in [0.1, 0.15) is 5.52 Å². The molecule has 5 heteroatoms. The molecule has 2 aromatic heterocycles. The molecule has 22 heavy (non-hydrogen) atoms. The quantitative estimate of drug-likeness (QED) is 0.731. The Labute approximate surface area is 130 Å². The molecule has 0 saturated carbocycles. The summed E-state index contributed by atoms with van der Waals surface area (Å²) in [6.07, 6.45) is 4.34. The second kappa shape index (κ2) is 6.47. The van der Waals surface area contributed by atoms with Gasteiger partial charge >= 0.3 is 0 Å². The maximum Gasteiger partial charge on any atom is 0.222 e. The summed E-state index contributed by atoms with van der Waals surface area (Å²) in [6.45, 7) is 3.87. The fraction of sp³-hybridized carbons (Fsp3) is 0.294. The Balaban J connectivity index is 1.91. The average molecular weight is 295 g/mol. The molecule has 0 unspecified atom stereocenters. The number of hydrogen-bond acceptors (Lipinski definition) is 4. The van der Waals surface area contributed by atoms with Gasteiger partial charge in [0.05, 0.1) is 5.52 Å². The largest absolute Gasteiger partial charge is 0.368 e. The minimum atomic E-state index is 0.302. The monoisotopic (exact) mass is 295 g/mol. The van der Waals surface area contributed by atoms with Crippen molar-refractivity contribution in [1.82, 2.24) is 14.5 Å². The Bertz CT molecular complexity index is 748. The summed E-state index contributed by atoms with van der Waals surface area (Å²) >= 11 is 0. The Hall–Kier alpha value is -2.56. The van der Waals surface area contributed by atoms with Gasteiger partial charge in [-0.1, -0.05) is 43.7 Å². The molecule has 0 aliphatic heterocycles. The number of unbranched alkanes of at least 4 members (excludes halogenated alkanes) is 1. The van der Waals surface area contributed by atoms with Gasteiger partial charge in [-0.05, 0) is 18.1 Å². The topological polar surface area (TPSA) is 68.8 Å². The van der Waals surface area contributed by atoms with Crippen molar-refractivity contribution in [3.05, 3.63) is 48.2 Å². The summed E-state index contributed by atoms with van der Waals surface area (Å²) in [5, 5.41) is 3.40. The van der Waals surface area contributed by atoms with Crippen LogP contribution in [-0.2, 0) is 13.1 Å². The van der Waals surface area contributed by atoms with E-state index in [1.807, 2.05) is 24.3 Å². The second-order valence-electron chi connectivity index (χ2n) is 5.37. The number of aromatic nitrogens is 3. The minimum absolute atomic E-state index is 0.302. The average Bonchev–Trinajstić information content (AvgIpc) is 2.94. The predicted molar refractivity (Wildman–Crippen MR) is 90.6 cm³/mol. The number of nitrogen functional groups attached to an aromatic ring is 1. The number of anilines is 2. The number of aryl methyl sites for hydroxylation is 1. The van der Waals surface area contributed by atoms with Gasteiger partial charge in [-0.2, -0.15) is 4.98 Å². The second-order valence-corrected chi connectivity index (χ2v) is 5.37. The van der Waals surface area contributed by atoms with Crippen LogP contribution in [-0.4, -0.2) is 14.5 Å². The first kappa shape index (κ1) is 14.4. The van der Waals surface area contributed by atoms with Crippen LogP contribution >= 0.6 is 0 Å². The Morgan fingerprint density at radius 2 is 1.95 bits per heavy atom. The van der Waals surface area contributed by atoms with Crippen LogP contribution in [0.1, 0.15) is 25.3 Å². The van der Waals surface area contributed by atoms with Gasteiger partial charge < -0.3 is 15.6 Å². The fourth-order valence-corrected chi connectivity index (χ4v) is 2.54.